The fourth-order valence-electron chi connectivity index (χ4n) is 3.33. The van der Waals surface area contributed by atoms with Crippen molar-refractivity contribution in [1.29, 1.82) is 0 Å². The first-order valence-electron chi connectivity index (χ1n) is 8.02. The molecule has 0 radical (unpaired) electrons. The molecule has 0 aliphatic rings. The van der Waals surface area contributed by atoms with Crippen LogP contribution in [0.2, 0.25) is 0 Å². The number of alkyl halides is 1. The maximum atomic E-state index is 13.3. The Morgan fingerprint density at radius 2 is 1.48 bits per heavy atom. The second-order valence-electron chi connectivity index (χ2n) is 5.85. The SMILES string of the molecule is O=S(=O)(c1ccccc1)n1c2ccccc2c2c(CCBr)cccc21. The Kier molecular flexibility index (Phi) is 4.13. The molecule has 126 valence electrons. The van der Waals surface area contributed by atoms with E-state index >= 15 is 0 Å². The van der Waals surface area contributed by atoms with Crippen LogP contribution in [0.4, 0.5) is 0 Å². The van der Waals surface area contributed by atoms with Gasteiger partial charge in [0.1, 0.15) is 0 Å². The second kappa shape index (κ2) is 6.32. The van der Waals surface area contributed by atoms with Crippen LogP contribution in [0.1, 0.15) is 5.56 Å². The van der Waals surface area contributed by atoms with Crippen molar-refractivity contribution in [3.05, 3.63) is 78.4 Å². The van der Waals surface area contributed by atoms with Crippen LogP contribution < -0.4 is 0 Å². The van der Waals surface area contributed by atoms with Crippen molar-refractivity contribution in [2.45, 2.75) is 11.3 Å². The number of fused-ring (bicyclic) bond motifs is 3. The quantitative estimate of drug-likeness (QED) is 0.443. The molecule has 0 fully saturated rings. The van der Waals surface area contributed by atoms with Crippen LogP contribution in [0, 0.1) is 0 Å². The number of nitrogens with zero attached hydrogens (tertiary/aromatic N) is 1. The van der Waals surface area contributed by atoms with Crippen molar-refractivity contribution in [1.82, 2.24) is 3.97 Å². The molecule has 0 saturated heterocycles. The molecule has 0 N–H and O–H groups in total. The summed E-state index contributed by atoms with van der Waals surface area (Å²) in [5.41, 5.74) is 2.58. The van der Waals surface area contributed by atoms with Crippen molar-refractivity contribution < 1.29 is 8.42 Å². The Morgan fingerprint density at radius 1 is 0.800 bits per heavy atom. The topological polar surface area (TPSA) is 39.1 Å². The molecule has 5 heteroatoms. The third kappa shape index (κ3) is 2.58. The van der Waals surface area contributed by atoms with Gasteiger partial charge in [0.15, 0.2) is 0 Å². The molecule has 1 heterocycles. The normalized spacial score (nSPS) is 12.0. The second-order valence-corrected chi connectivity index (χ2v) is 8.43. The molecule has 1 aromatic heterocycles. The Hall–Kier alpha value is -2.11. The average Bonchev–Trinajstić information content (AvgIpc) is 2.99. The van der Waals surface area contributed by atoms with Crippen molar-refractivity contribution in [3.63, 3.8) is 0 Å². The molecule has 0 spiro atoms. The van der Waals surface area contributed by atoms with Crippen LogP contribution in [0.5, 0.6) is 0 Å². The van der Waals surface area contributed by atoms with Crippen LogP contribution >= 0.6 is 15.9 Å². The summed E-state index contributed by atoms with van der Waals surface area (Å²) in [7, 11) is -3.68. The fourth-order valence-corrected chi connectivity index (χ4v) is 5.29. The van der Waals surface area contributed by atoms with E-state index in [-0.39, 0.29) is 0 Å². The van der Waals surface area contributed by atoms with E-state index in [2.05, 4.69) is 22.0 Å². The maximum Gasteiger partial charge on any atom is 0.268 e. The minimum Gasteiger partial charge on any atom is -0.233 e. The van der Waals surface area contributed by atoms with Crippen molar-refractivity contribution >= 4 is 47.8 Å². The highest BCUT2D eigenvalue weighted by Crippen LogP contribution is 2.34. The Bertz CT molecular complexity index is 1160. The van der Waals surface area contributed by atoms with Crippen LogP contribution in [0.3, 0.4) is 0 Å². The third-order valence-electron chi connectivity index (χ3n) is 4.38. The highest BCUT2D eigenvalue weighted by molar-refractivity contribution is 9.09. The molecule has 4 aromatic rings. The highest BCUT2D eigenvalue weighted by Gasteiger charge is 2.23. The van der Waals surface area contributed by atoms with Crippen LogP contribution in [0.25, 0.3) is 21.8 Å². The molecule has 0 unspecified atom stereocenters. The van der Waals surface area contributed by atoms with Crippen LogP contribution in [-0.2, 0) is 16.4 Å². The first kappa shape index (κ1) is 16.4. The van der Waals surface area contributed by atoms with E-state index in [1.54, 1.807) is 24.3 Å². The highest BCUT2D eigenvalue weighted by atomic mass is 79.9. The van der Waals surface area contributed by atoms with E-state index in [4.69, 9.17) is 0 Å². The molecule has 0 aliphatic carbocycles. The van der Waals surface area contributed by atoms with Gasteiger partial charge in [0.25, 0.3) is 10.0 Å². The number of hydrogen-bond donors (Lipinski definition) is 0. The zero-order valence-electron chi connectivity index (χ0n) is 13.4. The zero-order valence-corrected chi connectivity index (χ0v) is 15.8. The minimum atomic E-state index is -3.68. The summed E-state index contributed by atoms with van der Waals surface area (Å²) >= 11 is 3.49. The molecule has 0 amide bonds. The lowest BCUT2D eigenvalue weighted by Crippen LogP contribution is -2.12. The van der Waals surface area contributed by atoms with Gasteiger partial charge in [-0.15, -0.1) is 0 Å². The van der Waals surface area contributed by atoms with Crippen LogP contribution in [-0.4, -0.2) is 17.7 Å². The number of rotatable bonds is 4. The summed E-state index contributed by atoms with van der Waals surface area (Å²) in [4.78, 5) is 0.295. The molecule has 3 aromatic carbocycles. The minimum absolute atomic E-state index is 0.295. The predicted octanol–water partition coefficient (Wildman–Crippen LogP) is 4.97. The molecule has 0 bridgehead atoms. The van der Waals surface area contributed by atoms with Gasteiger partial charge < -0.3 is 0 Å². The number of halogens is 1. The fraction of sp³-hybridized carbons (Fsp3) is 0.100. The van der Waals surface area contributed by atoms with Gasteiger partial charge in [-0.05, 0) is 36.2 Å². The lowest BCUT2D eigenvalue weighted by atomic mass is 10.0. The van der Waals surface area contributed by atoms with Gasteiger partial charge in [-0.25, -0.2) is 12.4 Å². The van der Waals surface area contributed by atoms with E-state index in [1.807, 2.05) is 42.5 Å². The number of aromatic nitrogens is 1. The lowest BCUT2D eigenvalue weighted by Gasteiger charge is -2.09. The van der Waals surface area contributed by atoms with Gasteiger partial charge in [0, 0.05) is 16.1 Å². The van der Waals surface area contributed by atoms with Crippen molar-refractivity contribution in [2.24, 2.45) is 0 Å². The molecular weight excluding hydrogens is 398 g/mol. The summed E-state index contributed by atoms with van der Waals surface area (Å²) < 4.78 is 28.2. The van der Waals surface area contributed by atoms with E-state index in [1.165, 1.54) is 3.97 Å². The number of para-hydroxylation sites is 1. The van der Waals surface area contributed by atoms with E-state index in [0.717, 1.165) is 33.6 Å². The molecular formula is C20H16BrNO2S. The molecule has 3 nitrogen and oxygen atoms in total. The van der Waals surface area contributed by atoms with E-state index < -0.39 is 10.0 Å². The molecule has 25 heavy (non-hydrogen) atoms. The van der Waals surface area contributed by atoms with Gasteiger partial charge in [0.2, 0.25) is 0 Å². The monoisotopic (exact) mass is 413 g/mol. The summed E-state index contributed by atoms with van der Waals surface area (Å²) in [6, 6.07) is 22.2. The van der Waals surface area contributed by atoms with Gasteiger partial charge in [0.05, 0.1) is 15.9 Å². The number of benzene rings is 3. The van der Waals surface area contributed by atoms with Crippen molar-refractivity contribution in [2.75, 3.05) is 5.33 Å². The van der Waals surface area contributed by atoms with Crippen LogP contribution in [0.15, 0.2) is 77.7 Å². The number of aryl methyl sites for hydroxylation is 1. The standard InChI is InChI=1S/C20H16BrNO2S/c21-14-13-15-7-6-12-19-20(15)17-10-4-5-11-18(17)22(19)25(23,24)16-8-2-1-3-9-16/h1-12H,13-14H2. The van der Waals surface area contributed by atoms with E-state index in [9.17, 15) is 8.42 Å². The van der Waals surface area contributed by atoms with E-state index in [0.29, 0.717) is 10.4 Å². The molecule has 4 rings (SSSR count). The summed E-state index contributed by atoms with van der Waals surface area (Å²) in [5, 5.41) is 2.81. The smallest absolute Gasteiger partial charge is 0.233 e. The van der Waals surface area contributed by atoms with Gasteiger partial charge in [-0.1, -0.05) is 64.5 Å². The predicted molar refractivity (Wildman–Crippen MR) is 106 cm³/mol. The van der Waals surface area contributed by atoms with Gasteiger partial charge >= 0.3 is 0 Å². The van der Waals surface area contributed by atoms with Gasteiger partial charge in [-0.2, -0.15) is 0 Å². The molecule has 0 aliphatic heterocycles. The van der Waals surface area contributed by atoms with Crippen molar-refractivity contribution in [3.8, 4) is 0 Å². The first-order chi connectivity index (χ1) is 12.1. The van der Waals surface area contributed by atoms with Gasteiger partial charge in [-0.3, -0.25) is 0 Å². The summed E-state index contributed by atoms with van der Waals surface area (Å²) in [6.07, 6.45) is 0.844. The third-order valence-corrected chi connectivity index (χ3v) is 6.52. The number of hydrogen-bond acceptors (Lipinski definition) is 2. The molecule has 0 saturated carbocycles. The first-order valence-corrected chi connectivity index (χ1v) is 10.6. The Morgan fingerprint density at radius 3 is 2.24 bits per heavy atom. The Balaban J connectivity index is 2.15. The summed E-state index contributed by atoms with van der Waals surface area (Å²) in [6.45, 7) is 0. The maximum absolute atomic E-state index is 13.3. The lowest BCUT2D eigenvalue weighted by molar-refractivity contribution is 0.590. The Labute approximate surface area is 155 Å². The average molecular weight is 414 g/mol. The largest absolute Gasteiger partial charge is 0.268 e. The zero-order chi connectivity index (χ0) is 17.4. The summed E-state index contributed by atoms with van der Waals surface area (Å²) in [5.74, 6) is 0. The molecule has 0 atom stereocenters.